The van der Waals surface area contributed by atoms with Gasteiger partial charge < -0.3 is 9.73 Å². The number of nitrogens with zero attached hydrogens (tertiary/aromatic N) is 2. The summed E-state index contributed by atoms with van der Waals surface area (Å²) in [4.78, 5) is 7.04. The van der Waals surface area contributed by atoms with Gasteiger partial charge in [-0.15, -0.1) is 12.4 Å². The van der Waals surface area contributed by atoms with Gasteiger partial charge in [0.05, 0.1) is 5.69 Å². The maximum atomic E-state index is 5.59. The molecule has 1 saturated heterocycles. The summed E-state index contributed by atoms with van der Waals surface area (Å²) >= 11 is 0. The van der Waals surface area contributed by atoms with Crippen LogP contribution in [0.1, 0.15) is 12.1 Å². The van der Waals surface area contributed by atoms with Crippen molar-refractivity contribution in [2.24, 2.45) is 5.92 Å². The Labute approximate surface area is 132 Å². The van der Waals surface area contributed by atoms with Crippen LogP contribution in [0.5, 0.6) is 0 Å². The second-order valence-electron chi connectivity index (χ2n) is 5.46. The topological polar surface area (TPSA) is 41.3 Å². The van der Waals surface area contributed by atoms with E-state index in [9.17, 15) is 0 Å². The lowest BCUT2D eigenvalue weighted by Gasteiger charge is -2.13. The summed E-state index contributed by atoms with van der Waals surface area (Å²) in [6, 6.07) is 10.0. The van der Waals surface area contributed by atoms with Crippen LogP contribution >= 0.6 is 12.4 Å². The largest absolute Gasteiger partial charge is 0.444 e. The fraction of sp³-hybridized carbons (Fsp3) is 0.438. The Bertz CT molecular complexity index is 543. The maximum absolute atomic E-state index is 5.59. The van der Waals surface area contributed by atoms with Gasteiger partial charge in [0.2, 0.25) is 5.89 Å². The van der Waals surface area contributed by atoms with Crippen molar-refractivity contribution in [3.8, 4) is 11.5 Å². The van der Waals surface area contributed by atoms with E-state index in [1.807, 2.05) is 37.4 Å². The van der Waals surface area contributed by atoms with Crippen molar-refractivity contribution in [2.75, 3.05) is 26.7 Å². The molecule has 114 valence electrons. The molecule has 0 amide bonds. The fourth-order valence-electron chi connectivity index (χ4n) is 2.83. The van der Waals surface area contributed by atoms with E-state index in [4.69, 9.17) is 4.42 Å². The lowest BCUT2D eigenvalue weighted by atomic mass is 10.1. The summed E-state index contributed by atoms with van der Waals surface area (Å²) < 4.78 is 5.59. The minimum atomic E-state index is 0. The quantitative estimate of drug-likeness (QED) is 0.922. The molecule has 5 heteroatoms. The molecule has 1 aliphatic heterocycles. The van der Waals surface area contributed by atoms with E-state index in [0.717, 1.165) is 43.4 Å². The van der Waals surface area contributed by atoms with Gasteiger partial charge in [0.25, 0.3) is 0 Å². The van der Waals surface area contributed by atoms with Crippen molar-refractivity contribution in [1.82, 2.24) is 15.2 Å². The smallest absolute Gasteiger partial charge is 0.226 e. The normalized spacial score (nSPS) is 18.6. The first-order valence-electron chi connectivity index (χ1n) is 7.22. The number of halogens is 1. The number of rotatable bonds is 5. The van der Waals surface area contributed by atoms with Crippen LogP contribution in [-0.2, 0) is 6.54 Å². The summed E-state index contributed by atoms with van der Waals surface area (Å²) in [6.45, 7) is 4.29. The first-order valence-corrected chi connectivity index (χ1v) is 7.22. The number of likely N-dealkylation sites (tertiary alicyclic amines) is 1. The third kappa shape index (κ3) is 4.06. The number of oxazole rings is 1. The zero-order chi connectivity index (χ0) is 13.8. The third-order valence-corrected chi connectivity index (χ3v) is 3.82. The second kappa shape index (κ2) is 7.59. The monoisotopic (exact) mass is 307 g/mol. The Morgan fingerprint density at radius 1 is 1.33 bits per heavy atom. The fourth-order valence-corrected chi connectivity index (χ4v) is 2.83. The number of hydrogen-bond donors (Lipinski definition) is 1. The van der Waals surface area contributed by atoms with E-state index < -0.39 is 0 Å². The van der Waals surface area contributed by atoms with Gasteiger partial charge in [-0.1, -0.05) is 18.2 Å². The number of hydrogen-bond acceptors (Lipinski definition) is 4. The van der Waals surface area contributed by atoms with Crippen molar-refractivity contribution < 1.29 is 4.42 Å². The Balaban J connectivity index is 0.00000161. The van der Waals surface area contributed by atoms with Crippen LogP contribution in [-0.4, -0.2) is 36.6 Å². The molecule has 0 radical (unpaired) electrons. The van der Waals surface area contributed by atoms with Crippen LogP contribution in [0.25, 0.3) is 11.5 Å². The van der Waals surface area contributed by atoms with Crippen LogP contribution < -0.4 is 5.32 Å². The van der Waals surface area contributed by atoms with E-state index in [0.29, 0.717) is 5.89 Å². The Hall–Kier alpha value is -1.36. The summed E-state index contributed by atoms with van der Waals surface area (Å²) in [6.07, 6.45) is 3.05. The number of nitrogens with one attached hydrogen (secondary N) is 1. The Morgan fingerprint density at radius 2 is 2.14 bits per heavy atom. The predicted octanol–water partition coefficient (Wildman–Crippen LogP) is 2.80. The standard InChI is InChI=1S/C16H21N3O.ClH/c1-17-9-13-7-8-19(10-13)11-15-12-20-16(18-15)14-5-3-2-4-6-14;/h2-6,12-13,17H,7-11H2,1H3;1H. The summed E-state index contributed by atoms with van der Waals surface area (Å²) in [5.41, 5.74) is 2.06. The van der Waals surface area contributed by atoms with Gasteiger partial charge in [-0.3, -0.25) is 4.90 Å². The predicted molar refractivity (Wildman–Crippen MR) is 86.5 cm³/mol. The Morgan fingerprint density at radius 3 is 2.90 bits per heavy atom. The highest BCUT2D eigenvalue weighted by Gasteiger charge is 2.22. The molecular formula is C16H22ClN3O. The van der Waals surface area contributed by atoms with E-state index in [1.54, 1.807) is 6.26 Å². The first kappa shape index (κ1) is 16.0. The van der Waals surface area contributed by atoms with Crippen molar-refractivity contribution in [2.45, 2.75) is 13.0 Å². The number of benzene rings is 1. The van der Waals surface area contributed by atoms with Crippen molar-refractivity contribution in [3.63, 3.8) is 0 Å². The molecular weight excluding hydrogens is 286 g/mol. The molecule has 21 heavy (non-hydrogen) atoms. The Kier molecular flexibility index (Phi) is 5.79. The minimum Gasteiger partial charge on any atom is -0.444 e. The average Bonchev–Trinajstić information content (AvgIpc) is 3.11. The zero-order valence-electron chi connectivity index (χ0n) is 12.3. The van der Waals surface area contributed by atoms with E-state index in [-0.39, 0.29) is 12.4 Å². The van der Waals surface area contributed by atoms with Crippen LogP contribution in [0.15, 0.2) is 41.0 Å². The molecule has 0 spiro atoms. The average molecular weight is 308 g/mol. The van der Waals surface area contributed by atoms with E-state index >= 15 is 0 Å². The van der Waals surface area contributed by atoms with Gasteiger partial charge in [-0.05, 0) is 44.6 Å². The SMILES string of the molecule is CNCC1CCN(Cc2coc(-c3ccccc3)n2)C1.Cl. The molecule has 1 fully saturated rings. The zero-order valence-corrected chi connectivity index (χ0v) is 13.1. The summed E-state index contributed by atoms with van der Waals surface area (Å²) in [5, 5.41) is 3.26. The number of aromatic nitrogens is 1. The minimum absolute atomic E-state index is 0. The van der Waals surface area contributed by atoms with Gasteiger partial charge in [-0.2, -0.15) is 0 Å². The molecule has 0 bridgehead atoms. The van der Waals surface area contributed by atoms with Crippen LogP contribution in [0, 0.1) is 5.92 Å². The molecule has 1 aromatic carbocycles. The summed E-state index contributed by atoms with van der Waals surface area (Å²) in [5.74, 6) is 1.48. The molecule has 1 aliphatic rings. The molecule has 0 saturated carbocycles. The van der Waals surface area contributed by atoms with E-state index in [2.05, 4.69) is 15.2 Å². The van der Waals surface area contributed by atoms with Crippen molar-refractivity contribution in [1.29, 1.82) is 0 Å². The molecule has 1 N–H and O–H groups in total. The second-order valence-corrected chi connectivity index (χ2v) is 5.46. The summed E-state index contributed by atoms with van der Waals surface area (Å²) in [7, 11) is 2.02. The van der Waals surface area contributed by atoms with E-state index in [1.165, 1.54) is 6.42 Å². The van der Waals surface area contributed by atoms with Gasteiger partial charge in [-0.25, -0.2) is 4.98 Å². The van der Waals surface area contributed by atoms with Crippen LogP contribution in [0.4, 0.5) is 0 Å². The lowest BCUT2D eigenvalue weighted by Crippen LogP contribution is -2.24. The van der Waals surface area contributed by atoms with Gasteiger partial charge in [0.15, 0.2) is 0 Å². The molecule has 1 unspecified atom stereocenters. The molecule has 3 rings (SSSR count). The molecule has 0 aliphatic carbocycles. The van der Waals surface area contributed by atoms with Gasteiger partial charge in [0.1, 0.15) is 6.26 Å². The van der Waals surface area contributed by atoms with Crippen molar-refractivity contribution in [3.05, 3.63) is 42.3 Å². The highest BCUT2D eigenvalue weighted by Crippen LogP contribution is 2.21. The van der Waals surface area contributed by atoms with Gasteiger partial charge in [0, 0.05) is 18.7 Å². The molecule has 1 atom stereocenters. The highest BCUT2D eigenvalue weighted by molar-refractivity contribution is 5.85. The highest BCUT2D eigenvalue weighted by atomic mass is 35.5. The van der Waals surface area contributed by atoms with Crippen LogP contribution in [0.3, 0.4) is 0 Å². The molecule has 1 aromatic heterocycles. The van der Waals surface area contributed by atoms with Gasteiger partial charge >= 0.3 is 0 Å². The van der Waals surface area contributed by atoms with Crippen molar-refractivity contribution >= 4 is 12.4 Å². The lowest BCUT2D eigenvalue weighted by molar-refractivity contribution is 0.311. The molecule has 4 nitrogen and oxygen atoms in total. The molecule has 2 aromatic rings. The first-order chi connectivity index (χ1) is 9.85. The molecule has 2 heterocycles. The third-order valence-electron chi connectivity index (χ3n) is 3.82. The maximum Gasteiger partial charge on any atom is 0.226 e. The van der Waals surface area contributed by atoms with Crippen LogP contribution in [0.2, 0.25) is 0 Å².